The van der Waals surface area contributed by atoms with Gasteiger partial charge in [-0.25, -0.2) is 0 Å². The van der Waals surface area contributed by atoms with E-state index < -0.39 is 0 Å². The summed E-state index contributed by atoms with van der Waals surface area (Å²) in [6, 6.07) is 17.3. The highest BCUT2D eigenvalue weighted by atomic mass is 32.1. The molecule has 0 aliphatic heterocycles. The fourth-order valence-electron chi connectivity index (χ4n) is 2.99. The van der Waals surface area contributed by atoms with Crippen molar-refractivity contribution in [1.29, 1.82) is 0 Å². The van der Waals surface area contributed by atoms with Gasteiger partial charge in [0.2, 0.25) is 5.75 Å². The first-order chi connectivity index (χ1) is 13.6. The molecule has 0 aliphatic rings. The smallest absolute Gasteiger partial charge is 0.261 e. The Morgan fingerprint density at radius 2 is 1.61 bits per heavy atom. The summed E-state index contributed by atoms with van der Waals surface area (Å²) in [5, 5.41) is 3.04. The number of amides is 1. The van der Waals surface area contributed by atoms with Gasteiger partial charge in [0.05, 0.1) is 32.2 Å². The lowest BCUT2D eigenvalue weighted by Gasteiger charge is -2.15. The number of carbonyl (C=O) groups is 1. The van der Waals surface area contributed by atoms with Crippen molar-refractivity contribution in [3.05, 3.63) is 65.0 Å². The van der Waals surface area contributed by atoms with E-state index in [0.29, 0.717) is 22.1 Å². The highest BCUT2D eigenvalue weighted by Crippen LogP contribution is 2.45. The average Bonchev–Trinajstić information content (AvgIpc) is 3.23. The SMILES string of the molecule is COc1ccc(-c2ccc(C(=O)N[C@H](C)c3ccccc3)s2)c(OC)c1OC. The maximum absolute atomic E-state index is 12.7. The third kappa shape index (κ3) is 3.97. The monoisotopic (exact) mass is 397 g/mol. The topological polar surface area (TPSA) is 56.8 Å². The standard InChI is InChI=1S/C22H23NO4S/c1-14(15-8-6-5-7-9-15)23-22(24)19-13-12-18(28-19)16-10-11-17(25-2)21(27-4)20(16)26-3/h5-14H,1-4H3,(H,23,24)/t14-/m1/s1. The van der Waals surface area contributed by atoms with E-state index in [1.807, 2.05) is 61.5 Å². The number of benzene rings is 2. The van der Waals surface area contributed by atoms with Crippen molar-refractivity contribution in [3.63, 3.8) is 0 Å². The van der Waals surface area contributed by atoms with Crippen LogP contribution in [-0.4, -0.2) is 27.2 Å². The van der Waals surface area contributed by atoms with Gasteiger partial charge < -0.3 is 19.5 Å². The highest BCUT2D eigenvalue weighted by molar-refractivity contribution is 7.17. The Bertz CT molecular complexity index is 952. The quantitative estimate of drug-likeness (QED) is 0.614. The van der Waals surface area contributed by atoms with Crippen LogP contribution in [0.25, 0.3) is 10.4 Å². The van der Waals surface area contributed by atoms with Gasteiger partial charge >= 0.3 is 0 Å². The molecule has 1 aromatic heterocycles. The Balaban J connectivity index is 1.85. The second-order valence-corrected chi connectivity index (χ2v) is 7.24. The lowest BCUT2D eigenvalue weighted by atomic mass is 10.1. The largest absolute Gasteiger partial charge is 0.493 e. The van der Waals surface area contributed by atoms with Gasteiger partial charge in [-0.15, -0.1) is 11.3 Å². The van der Waals surface area contributed by atoms with E-state index in [1.54, 1.807) is 21.3 Å². The highest BCUT2D eigenvalue weighted by Gasteiger charge is 2.20. The van der Waals surface area contributed by atoms with E-state index in [0.717, 1.165) is 16.0 Å². The second-order valence-electron chi connectivity index (χ2n) is 6.15. The van der Waals surface area contributed by atoms with Crippen LogP contribution < -0.4 is 19.5 Å². The van der Waals surface area contributed by atoms with Gasteiger partial charge in [0.1, 0.15) is 0 Å². The molecule has 0 saturated carbocycles. The summed E-state index contributed by atoms with van der Waals surface area (Å²) in [6.45, 7) is 1.97. The van der Waals surface area contributed by atoms with Crippen molar-refractivity contribution in [2.45, 2.75) is 13.0 Å². The minimum atomic E-state index is -0.105. The van der Waals surface area contributed by atoms with E-state index in [2.05, 4.69) is 5.32 Å². The van der Waals surface area contributed by atoms with E-state index in [4.69, 9.17) is 14.2 Å². The average molecular weight is 397 g/mol. The first kappa shape index (κ1) is 19.8. The van der Waals surface area contributed by atoms with Crippen LogP contribution in [0.5, 0.6) is 17.2 Å². The van der Waals surface area contributed by atoms with Crippen molar-refractivity contribution in [1.82, 2.24) is 5.32 Å². The molecule has 2 aromatic carbocycles. The maximum Gasteiger partial charge on any atom is 0.261 e. The first-order valence-corrected chi connectivity index (χ1v) is 9.65. The van der Waals surface area contributed by atoms with E-state index in [-0.39, 0.29) is 11.9 Å². The Labute approximate surface area is 168 Å². The number of ether oxygens (including phenoxy) is 3. The van der Waals surface area contributed by atoms with Crippen LogP contribution in [0.1, 0.15) is 28.2 Å². The fourth-order valence-corrected chi connectivity index (χ4v) is 3.92. The third-order valence-electron chi connectivity index (χ3n) is 4.45. The normalized spacial score (nSPS) is 11.6. The molecule has 0 unspecified atom stereocenters. The van der Waals surface area contributed by atoms with Crippen LogP contribution in [0, 0.1) is 0 Å². The lowest BCUT2D eigenvalue weighted by Crippen LogP contribution is -2.25. The zero-order valence-electron chi connectivity index (χ0n) is 16.3. The second kappa shape index (κ2) is 8.80. The molecular formula is C22H23NO4S. The number of methoxy groups -OCH3 is 3. The molecule has 1 amide bonds. The van der Waals surface area contributed by atoms with Crippen LogP contribution in [0.2, 0.25) is 0 Å². The predicted molar refractivity (Wildman–Crippen MR) is 112 cm³/mol. The van der Waals surface area contributed by atoms with Crippen LogP contribution in [0.4, 0.5) is 0 Å². The predicted octanol–water partition coefficient (Wildman–Crippen LogP) is 4.93. The Hall–Kier alpha value is -2.99. The summed E-state index contributed by atoms with van der Waals surface area (Å²) in [6.07, 6.45) is 0. The van der Waals surface area contributed by atoms with Crippen LogP contribution in [0.15, 0.2) is 54.6 Å². The number of nitrogens with one attached hydrogen (secondary N) is 1. The van der Waals surface area contributed by atoms with Crippen molar-refractivity contribution < 1.29 is 19.0 Å². The minimum absolute atomic E-state index is 0.0742. The minimum Gasteiger partial charge on any atom is -0.493 e. The number of rotatable bonds is 7. The molecule has 6 heteroatoms. The Morgan fingerprint density at radius 1 is 0.893 bits per heavy atom. The van der Waals surface area contributed by atoms with Gasteiger partial charge in [0.15, 0.2) is 11.5 Å². The van der Waals surface area contributed by atoms with E-state index >= 15 is 0 Å². The lowest BCUT2D eigenvalue weighted by molar-refractivity contribution is 0.0944. The molecule has 0 spiro atoms. The molecule has 0 bridgehead atoms. The van der Waals surface area contributed by atoms with Gasteiger partial charge in [-0.2, -0.15) is 0 Å². The molecule has 0 saturated heterocycles. The van der Waals surface area contributed by atoms with Crippen molar-refractivity contribution in [2.75, 3.05) is 21.3 Å². The molecule has 0 aliphatic carbocycles. The molecule has 28 heavy (non-hydrogen) atoms. The van der Waals surface area contributed by atoms with Gasteiger partial charge in [-0.05, 0) is 36.8 Å². The molecule has 5 nitrogen and oxygen atoms in total. The molecule has 3 aromatic rings. The molecule has 1 heterocycles. The summed E-state index contributed by atoms with van der Waals surface area (Å²) in [5.41, 5.74) is 1.91. The van der Waals surface area contributed by atoms with Crippen LogP contribution in [-0.2, 0) is 0 Å². The summed E-state index contributed by atoms with van der Waals surface area (Å²) in [4.78, 5) is 14.2. The maximum atomic E-state index is 12.7. The summed E-state index contributed by atoms with van der Waals surface area (Å²) in [5.74, 6) is 1.59. The van der Waals surface area contributed by atoms with Crippen molar-refractivity contribution >= 4 is 17.2 Å². The number of hydrogen-bond donors (Lipinski definition) is 1. The van der Waals surface area contributed by atoms with E-state index in [1.165, 1.54) is 11.3 Å². The zero-order chi connectivity index (χ0) is 20.1. The van der Waals surface area contributed by atoms with Gasteiger partial charge in [-0.1, -0.05) is 30.3 Å². The number of thiophene rings is 1. The van der Waals surface area contributed by atoms with Gasteiger partial charge in [-0.3, -0.25) is 4.79 Å². The molecule has 1 atom stereocenters. The van der Waals surface area contributed by atoms with Crippen LogP contribution in [0.3, 0.4) is 0 Å². The molecule has 1 N–H and O–H groups in total. The number of hydrogen-bond acceptors (Lipinski definition) is 5. The summed E-state index contributed by atoms with van der Waals surface area (Å²) < 4.78 is 16.3. The summed E-state index contributed by atoms with van der Waals surface area (Å²) in [7, 11) is 4.74. The fraction of sp³-hybridized carbons (Fsp3) is 0.227. The van der Waals surface area contributed by atoms with E-state index in [9.17, 15) is 4.79 Å². The first-order valence-electron chi connectivity index (χ1n) is 8.84. The molecule has 0 fully saturated rings. The Kier molecular flexibility index (Phi) is 6.21. The van der Waals surface area contributed by atoms with Crippen LogP contribution >= 0.6 is 11.3 Å². The third-order valence-corrected chi connectivity index (χ3v) is 5.56. The summed E-state index contributed by atoms with van der Waals surface area (Å²) >= 11 is 1.41. The molecule has 146 valence electrons. The molecular weight excluding hydrogens is 374 g/mol. The van der Waals surface area contributed by atoms with Crippen molar-refractivity contribution in [3.8, 4) is 27.7 Å². The van der Waals surface area contributed by atoms with Gasteiger partial charge in [0.25, 0.3) is 5.91 Å². The number of carbonyl (C=O) groups excluding carboxylic acids is 1. The Morgan fingerprint density at radius 3 is 2.25 bits per heavy atom. The van der Waals surface area contributed by atoms with Crippen molar-refractivity contribution in [2.24, 2.45) is 0 Å². The zero-order valence-corrected chi connectivity index (χ0v) is 17.1. The van der Waals surface area contributed by atoms with Gasteiger partial charge in [0, 0.05) is 10.4 Å². The molecule has 0 radical (unpaired) electrons. The molecule has 3 rings (SSSR count).